The van der Waals surface area contributed by atoms with Crippen LogP contribution in [-0.4, -0.2) is 25.5 Å². The van der Waals surface area contributed by atoms with Gasteiger partial charge < -0.3 is 30.6 Å². The summed E-state index contributed by atoms with van der Waals surface area (Å²) >= 11 is 0. The largest absolute Gasteiger partial charge is 1.00 e. The van der Waals surface area contributed by atoms with Gasteiger partial charge in [-0.1, -0.05) is 209 Å². The van der Waals surface area contributed by atoms with Gasteiger partial charge >= 0.3 is 18.9 Å². The molecule has 6 aromatic rings. The minimum Gasteiger partial charge on any atom is -0.872 e. The Balaban J connectivity index is 0.00000869. The van der Waals surface area contributed by atoms with Crippen LogP contribution >= 0.6 is 0 Å². The van der Waals surface area contributed by atoms with Crippen molar-refractivity contribution in [3.8, 4) is 34.5 Å². The summed E-state index contributed by atoms with van der Waals surface area (Å²) in [7, 11) is 0. The first kappa shape index (κ1) is 57.0. The molecule has 7 rings (SSSR count). The molecule has 73 heavy (non-hydrogen) atoms. The quantitative estimate of drug-likeness (QED) is 0.0965. The van der Waals surface area contributed by atoms with Crippen LogP contribution in [0.15, 0.2) is 72.8 Å². The molecule has 5 N–H and O–H groups in total. The zero-order chi connectivity index (χ0) is 53.6. The van der Waals surface area contributed by atoms with E-state index < -0.39 is 0 Å². The molecule has 0 heterocycles. The van der Waals surface area contributed by atoms with Crippen molar-refractivity contribution < 1.29 is 49.5 Å². The van der Waals surface area contributed by atoms with E-state index in [1.54, 1.807) is 0 Å². The Hall–Kier alpha value is -5.28. The van der Waals surface area contributed by atoms with Gasteiger partial charge in [-0.25, -0.2) is 0 Å². The molecule has 0 saturated heterocycles. The number of phenolic OH excluding ortho intramolecular Hbond substituents is 5. The first-order valence-corrected chi connectivity index (χ1v) is 26.0. The Morgan fingerprint density at radius 3 is 0.479 bits per heavy atom. The normalized spacial score (nSPS) is 14.1. The van der Waals surface area contributed by atoms with Crippen LogP contribution in [0, 0.1) is 0 Å². The van der Waals surface area contributed by atoms with Gasteiger partial charge in [0.2, 0.25) is 0 Å². The fourth-order valence-corrected chi connectivity index (χ4v) is 9.99. The predicted molar refractivity (Wildman–Crippen MR) is 295 cm³/mol. The number of aromatic hydroxyl groups is 5. The van der Waals surface area contributed by atoms with Gasteiger partial charge in [-0.3, -0.25) is 0 Å². The standard InChI is InChI=1S/C66H84O6.Li/c1-61(2,3)49-25-37-19-39-27-50(62(4,5)6)29-41(56(39)68)21-43-31-52(64(10,11)12)33-45(58(43)70)23-47-35-54(66(16,17)18)36-48(60(47)72)24-46-34-53(65(13,14)15)32-44(59(46)71)22-42-30-51(63(7,8)9)28-40(57(42)69)20-38(26-49)55(37)67;/h25-36,67-72H,19-24H2,1-18H3;/q;+1/p-1. The molecule has 0 aliphatic heterocycles. The number of hydrogen-bond acceptors (Lipinski definition) is 6. The zero-order valence-corrected chi connectivity index (χ0v) is 47.8. The van der Waals surface area contributed by atoms with E-state index in [-0.39, 0.29) is 124 Å². The molecule has 7 heteroatoms. The average Bonchev–Trinajstić information content (AvgIpc) is 3.23. The van der Waals surface area contributed by atoms with Crippen molar-refractivity contribution in [2.75, 3.05) is 0 Å². The molecule has 6 aromatic carbocycles. The van der Waals surface area contributed by atoms with Crippen molar-refractivity contribution in [1.82, 2.24) is 0 Å². The molecule has 12 bridgehead atoms. The first-order valence-electron chi connectivity index (χ1n) is 26.0. The second kappa shape index (κ2) is 19.8. The predicted octanol–water partition coefficient (Wildman–Crippen LogP) is 11.9. The summed E-state index contributed by atoms with van der Waals surface area (Å²) in [5, 5.41) is 77.3. The van der Waals surface area contributed by atoms with Crippen LogP contribution in [0.5, 0.6) is 34.5 Å². The molecular formula is C66H83LiO6. The third kappa shape index (κ3) is 12.3. The summed E-state index contributed by atoms with van der Waals surface area (Å²) in [4.78, 5) is 0. The summed E-state index contributed by atoms with van der Waals surface area (Å²) in [6, 6.07) is 24.3. The Labute approximate surface area is 450 Å². The van der Waals surface area contributed by atoms with Gasteiger partial charge in [0.1, 0.15) is 28.7 Å². The van der Waals surface area contributed by atoms with Crippen molar-refractivity contribution in [2.45, 2.75) is 196 Å². The third-order valence-electron chi connectivity index (χ3n) is 15.1. The Morgan fingerprint density at radius 1 is 0.247 bits per heavy atom. The molecule has 0 fully saturated rings. The number of fused-ring (bicyclic) bond motifs is 12. The van der Waals surface area contributed by atoms with E-state index in [1.807, 2.05) is 72.8 Å². The van der Waals surface area contributed by atoms with E-state index in [1.165, 1.54) is 0 Å². The Bertz CT molecular complexity index is 2400. The van der Waals surface area contributed by atoms with Crippen LogP contribution in [0.3, 0.4) is 0 Å². The molecule has 0 aromatic heterocycles. The molecule has 0 unspecified atom stereocenters. The first-order chi connectivity index (χ1) is 32.9. The van der Waals surface area contributed by atoms with Gasteiger partial charge in [0.05, 0.1) is 0 Å². The van der Waals surface area contributed by atoms with E-state index >= 15 is 5.11 Å². The average molecular weight is 979 g/mol. The van der Waals surface area contributed by atoms with Gasteiger partial charge in [0.15, 0.2) is 0 Å². The topological polar surface area (TPSA) is 124 Å². The number of benzene rings is 6. The zero-order valence-electron chi connectivity index (χ0n) is 47.8. The van der Waals surface area contributed by atoms with Crippen molar-refractivity contribution in [2.24, 2.45) is 0 Å². The summed E-state index contributed by atoms with van der Waals surface area (Å²) < 4.78 is 0. The molecule has 0 atom stereocenters. The summed E-state index contributed by atoms with van der Waals surface area (Å²) in [5.74, 6) is 0.353. The van der Waals surface area contributed by atoms with Crippen LogP contribution in [0.4, 0.5) is 0 Å². The summed E-state index contributed by atoms with van der Waals surface area (Å²) in [5.41, 5.74) is 11.7. The van der Waals surface area contributed by atoms with E-state index in [0.29, 0.717) is 66.8 Å². The van der Waals surface area contributed by atoms with E-state index in [4.69, 9.17) is 0 Å². The second-order valence-corrected chi connectivity index (χ2v) is 27.4. The summed E-state index contributed by atoms with van der Waals surface area (Å²) in [6.07, 6.45) is 1.26. The van der Waals surface area contributed by atoms with Gasteiger partial charge in [-0.15, -0.1) is 5.75 Å². The van der Waals surface area contributed by atoms with Crippen LogP contribution in [0.2, 0.25) is 0 Å². The fourth-order valence-electron chi connectivity index (χ4n) is 9.99. The molecule has 0 saturated carbocycles. The van der Waals surface area contributed by atoms with E-state index in [9.17, 15) is 25.5 Å². The van der Waals surface area contributed by atoms with Crippen LogP contribution in [0.1, 0.15) is 225 Å². The maximum atomic E-state index is 15.0. The van der Waals surface area contributed by atoms with Gasteiger partial charge in [-0.05, 0) is 122 Å². The third-order valence-corrected chi connectivity index (χ3v) is 15.1. The minimum absolute atomic E-state index is 0. The molecule has 0 radical (unpaired) electrons. The Kier molecular flexibility index (Phi) is 15.4. The second-order valence-electron chi connectivity index (χ2n) is 27.4. The maximum Gasteiger partial charge on any atom is 1.00 e. The molecule has 1 aliphatic rings. The molecular weight excluding hydrogens is 896 g/mol. The van der Waals surface area contributed by atoms with Crippen LogP contribution in [-0.2, 0) is 71.0 Å². The molecule has 0 spiro atoms. The number of rotatable bonds is 0. The molecule has 0 amide bonds. The number of phenols is 5. The Morgan fingerprint density at radius 2 is 0.356 bits per heavy atom. The maximum absolute atomic E-state index is 15.0. The fraction of sp³-hybridized carbons (Fsp3) is 0.455. The number of hydrogen-bond donors (Lipinski definition) is 5. The minimum atomic E-state index is -0.327. The molecule has 6 nitrogen and oxygen atoms in total. The van der Waals surface area contributed by atoms with Crippen molar-refractivity contribution in [1.29, 1.82) is 0 Å². The summed E-state index contributed by atoms with van der Waals surface area (Å²) in [6.45, 7) is 38.5. The van der Waals surface area contributed by atoms with Crippen LogP contribution in [0.25, 0.3) is 0 Å². The van der Waals surface area contributed by atoms with Gasteiger partial charge in [0.25, 0.3) is 0 Å². The van der Waals surface area contributed by atoms with Crippen molar-refractivity contribution in [3.05, 3.63) is 173 Å². The van der Waals surface area contributed by atoms with Gasteiger partial charge in [-0.2, -0.15) is 0 Å². The van der Waals surface area contributed by atoms with E-state index in [0.717, 1.165) is 33.4 Å². The van der Waals surface area contributed by atoms with Crippen LogP contribution < -0.4 is 24.0 Å². The SMILES string of the molecule is CC(C)(C)c1cc2c([O-])c(c1)Cc1cc(C(C)(C)C)cc(c1O)Cc1cc(C(C)(C)C)cc(c1O)Cc1cc(C(C)(C)C)cc(c1O)Cc1cc(C(C)(C)C)cc(c1O)Cc1cc(C(C)(C)C)cc(c1O)C2.[Li+]. The van der Waals surface area contributed by atoms with E-state index in [2.05, 4.69) is 125 Å². The molecule has 384 valence electrons. The van der Waals surface area contributed by atoms with Crippen molar-refractivity contribution >= 4 is 0 Å². The smallest absolute Gasteiger partial charge is 0.872 e. The van der Waals surface area contributed by atoms with Crippen molar-refractivity contribution in [3.63, 3.8) is 0 Å². The van der Waals surface area contributed by atoms with Gasteiger partial charge in [0, 0.05) is 38.5 Å². The molecule has 1 aliphatic carbocycles. The monoisotopic (exact) mass is 979 g/mol.